The summed E-state index contributed by atoms with van der Waals surface area (Å²) in [6, 6.07) is 0. The monoisotopic (exact) mass is 291 g/mol. The predicted octanol–water partition coefficient (Wildman–Crippen LogP) is -0.426. The van der Waals surface area contributed by atoms with Gasteiger partial charge in [0.05, 0.1) is 44.6 Å². The molecule has 7 nitrogen and oxygen atoms in total. The molecule has 7 heteroatoms. The van der Waals surface area contributed by atoms with Gasteiger partial charge in [-0.05, 0) is 6.92 Å². The molecule has 1 aliphatic rings. The van der Waals surface area contributed by atoms with Crippen LogP contribution in [0, 0.1) is 0 Å². The van der Waals surface area contributed by atoms with E-state index < -0.39 is 12.1 Å². The summed E-state index contributed by atoms with van der Waals surface area (Å²) >= 11 is 0. The number of nitrogens with zero attached hydrogens (tertiary/aromatic N) is 1. The Morgan fingerprint density at radius 3 is 2.90 bits per heavy atom. The molecule has 0 aromatic heterocycles. The van der Waals surface area contributed by atoms with Gasteiger partial charge in [-0.2, -0.15) is 0 Å². The molecule has 0 amide bonds. The Kier molecular flexibility index (Phi) is 8.01. The van der Waals surface area contributed by atoms with Crippen LogP contribution < -0.4 is 0 Å². The number of rotatable bonds is 9. The predicted molar refractivity (Wildman–Crippen MR) is 71.7 cm³/mol. The van der Waals surface area contributed by atoms with Gasteiger partial charge in [0.2, 0.25) is 0 Å². The van der Waals surface area contributed by atoms with Crippen LogP contribution in [0.4, 0.5) is 0 Å². The molecule has 20 heavy (non-hydrogen) atoms. The molecule has 0 spiro atoms. The number of ether oxygens (including phenoxy) is 3. The van der Waals surface area contributed by atoms with Gasteiger partial charge in [-0.15, -0.1) is 0 Å². The molecular weight excluding hydrogens is 266 g/mol. The van der Waals surface area contributed by atoms with Crippen LogP contribution in [0.3, 0.4) is 0 Å². The second-order valence-electron chi connectivity index (χ2n) is 5.10. The molecule has 1 aliphatic heterocycles. The highest BCUT2D eigenvalue weighted by atomic mass is 16.5. The summed E-state index contributed by atoms with van der Waals surface area (Å²) in [5, 5.41) is 18.7. The molecule has 1 fully saturated rings. The van der Waals surface area contributed by atoms with Gasteiger partial charge in [-0.25, -0.2) is 0 Å². The lowest BCUT2D eigenvalue weighted by atomic mass is 10.2. The minimum atomic E-state index is -0.867. The maximum absolute atomic E-state index is 10.7. The first-order chi connectivity index (χ1) is 9.51. The smallest absolute Gasteiger partial charge is 0.306 e. The van der Waals surface area contributed by atoms with Crippen LogP contribution in [0.1, 0.15) is 13.3 Å². The van der Waals surface area contributed by atoms with Crippen LogP contribution >= 0.6 is 0 Å². The number of carbonyl (C=O) groups is 1. The Bertz CT molecular complexity index is 288. The van der Waals surface area contributed by atoms with Crippen molar-refractivity contribution in [1.82, 2.24) is 4.90 Å². The molecule has 1 heterocycles. The normalized spacial score (nSPS) is 23.4. The minimum absolute atomic E-state index is 0.00598. The second-order valence-corrected chi connectivity index (χ2v) is 5.10. The summed E-state index contributed by atoms with van der Waals surface area (Å²) in [6.07, 6.45) is -0.965. The van der Waals surface area contributed by atoms with Crippen LogP contribution in [-0.4, -0.2) is 86.0 Å². The molecule has 118 valence electrons. The summed E-state index contributed by atoms with van der Waals surface area (Å²) in [4.78, 5) is 12.7. The van der Waals surface area contributed by atoms with E-state index in [0.717, 1.165) is 0 Å². The lowest BCUT2D eigenvalue weighted by Gasteiger charge is -2.33. The third kappa shape index (κ3) is 7.16. The maximum Gasteiger partial charge on any atom is 0.306 e. The Hall–Kier alpha value is -0.730. The number of carboxylic acid groups (broad SMARTS) is 1. The number of β-amino-alcohol motifs (C(OH)–C–C–N with tert-alkyl or cyclic N) is 1. The fourth-order valence-corrected chi connectivity index (χ4v) is 2.17. The fourth-order valence-electron chi connectivity index (χ4n) is 2.17. The zero-order valence-corrected chi connectivity index (χ0v) is 12.2. The molecule has 0 bridgehead atoms. The van der Waals surface area contributed by atoms with E-state index in [9.17, 15) is 9.90 Å². The molecule has 0 saturated carbocycles. The number of methoxy groups -OCH3 is 1. The number of aliphatic hydroxyl groups excluding tert-OH is 1. The van der Waals surface area contributed by atoms with Crippen molar-refractivity contribution in [3.8, 4) is 0 Å². The van der Waals surface area contributed by atoms with E-state index in [2.05, 4.69) is 0 Å². The summed E-state index contributed by atoms with van der Waals surface area (Å²) in [5.41, 5.74) is 0. The first-order valence-electron chi connectivity index (χ1n) is 6.85. The highest BCUT2D eigenvalue weighted by molar-refractivity contribution is 5.67. The standard InChI is InChI=1S/C13H25NO6/c1-10(8-18-2)20-9-11(15)6-14-3-4-19-12(7-14)5-13(16)17/h10-12,15H,3-9H2,1-2H3,(H,16,17). The van der Waals surface area contributed by atoms with E-state index in [-0.39, 0.29) is 25.2 Å². The van der Waals surface area contributed by atoms with Gasteiger partial charge in [0, 0.05) is 26.7 Å². The van der Waals surface area contributed by atoms with Crippen LogP contribution in [0.15, 0.2) is 0 Å². The zero-order valence-electron chi connectivity index (χ0n) is 12.2. The quantitative estimate of drug-likeness (QED) is 0.596. The molecule has 3 unspecified atom stereocenters. The van der Waals surface area contributed by atoms with Crippen molar-refractivity contribution in [2.45, 2.75) is 31.7 Å². The molecule has 2 N–H and O–H groups in total. The van der Waals surface area contributed by atoms with Crippen molar-refractivity contribution in [2.24, 2.45) is 0 Å². The summed E-state index contributed by atoms with van der Waals surface area (Å²) in [7, 11) is 1.60. The summed E-state index contributed by atoms with van der Waals surface area (Å²) in [6.45, 7) is 4.78. The largest absolute Gasteiger partial charge is 0.481 e. The molecular formula is C13H25NO6. The number of morpholine rings is 1. The molecule has 0 aromatic carbocycles. The van der Waals surface area contributed by atoms with E-state index >= 15 is 0 Å². The average molecular weight is 291 g/mol. The van der Waals surface area contributed by atoms with Gasteiger partial charge in [0.1, 0.15) is 0 Å². The summed E-state index contributed by atoms with van der Waals surface area (Å²) in [5.74, 6) is -0.867. The zero-order chi connectivity index (χ0) is 15.0. The van der Waals surface area contributed by atoms with Gasteiger partial charge in [0.15, 0.2) is 0 Å². The minimum Gasteiger partial charge on any atom is -0.481 e. The van der Waals surface area contributed by atoms with Crippen molar-refractivity contribution in [2.75, 3.05) is 46.6 Å². The van der Waals surface area contributed by atoms with Crippen molar-refractivity contribution < 1.29 is 29.2 Å². The Balaban J connectivity index is 2.23. The summed E-state index contributed by atoms with van der Waals surface area (Å²) < 4.78 is 15.8. The van der Waals surface area contributed by atoms with Crippen LogP contribution in [0.5, 0.6) is 0 Å². The molecule has 1 rings (SSSR count). The Morgan fingerprint density at radius 1 is 1.50 bits per heavy atom. The number of aliphatic hydroxyl groups is 1. The van der Waals surface area contributed by atoms with Gasteiger partial charge in [-0.3, -0.25) is 9.69 Å². The Morgan fingerprint density at radius 2 is 2.25 bits per heavy atom. The fraction of sp³-hybridized carbons (Fsp3) is 0.923. The Labute approximate surface area is 119 Å². The van der Waals surface area contributed by atoms with Gasteiger partial charge in [0.25, 0.3) is 0 Å². The topological polar surface area (TPSA) is 88.5 Å². The number of carboxylic acids is 1. The molecule has 1 saturated heterocycles. The third-order valence-electron chi connectivity index (χ3n) is 3.07. The molecule has 0 aromatic rings. The maximum atomic E-state index is 10.7. The second kappa shape index (κ2) is 9.25. The average Bonchev–Trinajstić information content (AvgIpc) is 2.36. The number of hydrogen-bond acceptors (Lipinski definition) is 6. The van der Waals surface area contributed by atoms with Gasteiger partial charge < -0.3 is 24.4 Å². The van der Waals surface area contributed by atoms with Crippen molar-refractivity contribution in [3.63, 3.8) is 0 Å². The van der Waals surface area contributed by atoms with E-state index in [1.807, 2.05) is 11.8 Å². The van der Waals surface area contributed by atoms with E-state index in [4.69, 9.17) is 19.3 Å². The SMILES string of the molecule is COCC(C)OCC(O)CN1CCOC(CC(=O)O)C1. The highest BCUT2D eigenvalue weighted by Crippen LogP contribution is 2.09. The van der Waals surface area contributed by atoms with Gasteiger partial charge >= 0.3 is 5.97 Å². The lowest BCUT2D eigenvalue weighted by Crippen LogP contribution is -2.47. The molecule has 0 radical (unpaired) electrons. The van der Waals surface area contributed by atoms with Crippen LogP contribution in [0.2, 0.25) is 0 Å². The van der Waals surface area contributed by atoms with Crippen molar-refractivity contribution >= 4 is 5.97 Å². The van der Waals surface area contributed by atoms with E-state index in [1.165, 1.54) is 0 Å². The third-order valence-corrected chi connectivity index (χ3v) is 3.07. The van der Waals surface area contributed by atoms with Crippen LogP contribution in [-0.2, 0) is 19.0 Å². The van der Waals surface area contributed by atoms with Gasteiger partial charge in [-0.1, -0.05) is 0 Å². The lowest BCUT2D eigenvalue weighted by molar-refractivity contribution is -0.142. The number of aliphatic carboxylic acids is 1. The molecule has 3 atom stereocenters. The van der Waals surface area contributed by atoms with Crippen molar-refractivity contribution in [3.05, 3.63) is 0 Å². The highest BCUT2D eigenvalue weighted by Gasteiger charge is 2.24. The molecule has 0 aliphatic carbocycles. The van der Waals surface area contributed by atoms with Crippen molar-refractivity contribution in [1.29, 1.82) is 0 Å². The van der Waals surface area contributed by atoms with E-state index in [1.54, 1.807) is 7.11 Å². The first kappa shape index (κ1) is 17.3. The van der Waals surface area contributed by atoms with E-state index in [0.29, 0.717) is 32.8 Å². The first-order valence-corrected chi connectivity index (χ1v) is 6.85. The van der Waals surface area contributed by atoms with Crippen LogP contribution in [0.25, 0.3) is 0 Å². The number of hydrogen-bond donors (Lipinski definition) is 2.